The second kappa shape index (κ2) is 5.97. The van der Waals surface area contributed by atoms with Gasteiger partial charge in [-0.25, -0.2) is 9.18 Å². The summed E-state index contributed by atoms with van der Waals surface area (Å²) in [5.41, 5.74) is 1.70. The summed E-state index contributed by atoms with van der Waals surface area (Å²) in [6, 6.07) is 14.3. The quantitative estimate of drug-likeness (QED) is 0.882. The molecule has 1 aliphatic heterocycles. The molecule has 3 rings (SSSR count). The Morgan fingerprint density at radius 3 is 2.32 bits per heavy atom. The molecular formula is C17H15FN2O2. The van der Waals surface area contributed by atoms with Crippen molar-refractivity contribution in [2.75, 3.05) is 0 Å². The van der Waals surface area contributed by atoms with Crippen LogP contribution in [0, 0.1) is 5.82 Å². The summed E-state index contributed by atoms with van der Waals surface area (Å²) in [7, 11) is 0. The van der Waals surface area contributed by atoms with Gasteiger partial charge in [-0.2, -0.15) is 0 Å². The van der Waals surface area contributed by atoms with Gasteiger partial charge in [0.1, 0.15) is 11.9 Å². The highest BCUT2D eigenvalue weighted by Crippen LogP contribution is 2.15. The Balaban J connectivity index is 1.70. The highest BCUT2D eigenvalue weighted by Gasteiger charge is 2.37. The predicted octanol–water partition coefficient (Wildman–Crippen LogP) is 2.49. The molecule has 4 nitrogen and oxygen atoms in total. The Bertz CT molecular complexity index is 686. The second-order valence-corrected chi connectivity index (χ2v) is 5.24. The van der Waals surface area contributed by atoms with E-state index >= 15 is 0 Å². The van der Waals surface area contributed by atoms with Crippen LogP contribution in [0.4, 0.5) is 9.18 Å². The van der Waals surface area contributed by atoms with Gasteiger partial charge in [-0.15, -0.1) is 0 Å². The molecule has 1 fully saturated rings. The van der Waals surface area contributed by atoms with Crippen LogP contribution in [0.3, 0.4) is 0 Å². The van der Waals surface area contributed by atoms with Gasteiger partial charge in [0.2, 0.25) is 0 Å². The van der Waals surface area contributed by atoms with Crippen molar-refractivity contribution in [1.82, 2.24) is 10.2 Å². The summed E-state index contributed by atoms with van der Waals surface area (Å²) < 4.78 is 12.9. The van der Waals surface area contributed by atoms with Crippen LogP contribution < -0.4 is 5.32 Å². The van der Waals surface area contributed by atoms with Crippen molar-refractivity contribution in [3.05, 3.63) is 71.5 Å². The summed E-state index contributed by atoms with van der Waals surface area (Å²) >= 11 is 0. The van der Waals surface area contributed by atoms with Crippen molar-refractivity contribution in [2.24, 2.45) is 0 Å². The zero-order valence-corrected chi connectivity index (χ0v) is 11.8. The number of rotatable bonds is 4. The van der Waals surface area contributed by atoms with E-state index in [2.05, 4.69) is 5.32 Å². The summed E-state index contributed by atoms with van der Waals surface area (Å²) in [6.07, 6.45) is 0.464. The molecule has 0 aliphatic carbocycles. The van der Waals surface area contributed by atoms with Crippen LogP contribution in [0.2, 0.25) is 0 Å². The van der Waals surface area contributed by atoms with Crippen LogP contribution >= 0.6 is 0 Å². The zero-order valence-electron chi connectivity index (χ0n) is 11.8. The van der Waals surface area contributed by atoms with Crippen LogP contribution in [-0.4, -0.2) is 22.9 Å². The molecule has 1 atom stereocenters. The summed E-state index contributed by atoms with van der Waals surface area (Å²) in [6.45, 7) is 0.149. The van der Waals surface area contributed by atoms with E-state index < -0.39 is 12.1 Å². The zero-order chi connectivity index (χ0) is 15.5. The maximum atomic E-state index is 12.9. The molecule has 5 heteroatoms. The molecule has 0 aromatic heterocycles. The number of carbonyl (C=O) groups excluding carboxylic acids is 2. The van der Waals surface area contributed by atoms with Crippen LogP contribution in [-0.2, 0) is 17.8 Å². The molecule has 0 spiro atoms. The molecule has 22 heavy (non-hydrogen) atoms. The van der Waals surface area contributed by atoms with Crippen LogP contribution in [0.1, 0.15) is 11.1 Å². The largest absolute Gasteiger partial charge is 0.325 e. The molecule has 0 saturated carbocycles. The normalized spacial score (nSPS) is 17.7. The van der Waals surface area contributed by atoms with Crippen molar-refractivity contribution < 1.29 is 14.0 Å². The number of amides is 3. The lowest BCUT2D eigenvalue weighted by atomic mass is 10.1. The lowest BCUT2D eigenvalue weighted by Crippen LogP contribution is -2.32. The van der Waals surface area contributed by atoms with Gasteiger partial charge in [-0.05, 0) is 23.3 Å². The second-order valence-electron chi connectivity index (χ2n) is 5.24. The number of carbonyl (C=O) groups is 2. The first kappa shape index (κ1) is 14.3. The highest BCUT2D eigenvalue weighted by atomic mass is 19.1. The molecule has 3 amide bonds. The smallest absolute Gasteiger partial charge is 0.325 e. The van der Waals surface area contributed by atoms with E-state index in [1.165, 1.54) is 17.0 Å². The van der Waals surface area contributed by atoms with Gasteiger partial charge in [0.05, 0.1) is 6.54 Å². The first-order valence-corrected chi connectivity index (χ1v) is 7.04. The Hall–Kier alpha value is -2.69. The molecule has 2 aromatic carbocycles. The van der Waals surface area contributed by atoms with E-state index in [1.807, 2.05) is 30.3 Å². The van der Waals surface area contributed by atoms with Crippen molar-refractivity contribution in [2.45, 2.75) is 19.0 Å². The molecule has 1 aliphatic rings. The van der Waals surface area contributed by atoms with Gasteiger partial charge in [0.25, 0.3) is 5.91 Å². The van der Waals surface area contributed by atoms with Gasteiger partial charge in [0.15, 0.2) is 0 Å². The Labute approximate surface area is 127 Å². The van der Waals surface area contributed by atoms with Gasteiger partial charge in [-0.3, -0.25) is 9.69 Å². The van der Waals surface area contributed by atoms with E-state index in [0.29, 0.717) is 12.0 Å². The molecule has 0 bridgehead atoms. The minimum atomic E-state index is -0.546. The molecule has 0 radical (unpaired) electrons. The monoisotopic (exact) mass is 298 g/mol. The topological polar surface area (TPSA) is 49.4 Å². The standard InChI is InChI=1S/C17H15FN2O2/c18-14-8-6-13(7-9-14)11-20-16(21)15(19-17(20)22)10-12-4-2-1-3-5-12/h1-9,15H,10-11H2,(H,19,22)/t15-/m0/s1. The van der Waals surface area contributed by atoms with Crippen molar-refractivity contribution in [3.8, 4) is 0 Å². The predicted molar refractivity (Wildman–Crippen MR) is 79.4 cm³/mol. The Kier molecular flexibility index (Phi) is 3.87. The van der Waals surface area contributed by atoms with Gasteiger partial charge in [-0.1, -0.05) is 42.5 Å². The minimum absolute atomic E-state index is 0.149. The number of nitrogens with zero attached hydrogens (tertiary/aromatic N) is 1. The molecule has 0 unspecified atom stereocenters. The molecule has 1 N–H and O–H groups in total. The SMILES string of the molecule is O=C1N[C@@H](Cc2ccccc2)C(=O)N1Cc1ccc(F)cc1. The van der Waals surface area contributed by atoms with Gasteiger partial charge < -0.3 is 5.32 Å². The number of benzene rings is 2. The number of urea groups is 1. The van der Waals surface area contributed by atoms with Crippen LogP contribution in [0.25, 0.3) is 0 Å². The average molecular weight is 298 g/mol. The fourth-order valence-electron chi connectivity index (χ4n) is 2.49. The fraction of sp³-hybridized carbons (Fsp3) is 0.176. The van der Waals surface area contributed by atoms with Crippen LogP contribution in [0.5, 0.6) is 0 Å². The highest BCUT2D eigenvalue weighted by molar-refractivity contribution is 6.04. The summed E-state index contributed by atoms with van der Waals surface area (Å²) in [5.74, 6) is -0.596. The average Bonchev–Trinajstić information content (AvgIpc) is 2.78. The number of hydrogen-bond donors (Lipinski definition) is 1. The van der Waals surface area contributed by atoms with Crippen molar-refractivity contribution in [1.29, 1.82) is 0 Å². The van der Waals surface area contributed by atoms with Gasteiger partial charge >= 0.3 is 6.03 Å². The van der Waals surface area contributed by atoms with E-state index in [-0.39, 0.29) is 18.3 Å². The van der Waals surface area contributed by atoms with Crippen LogP contribution in [0.15, 0.2) is 54.6 Å². The summed E-state index contributed by atoms with van der Waals surface area (Å²) in [4.78, 5) is 25.5. The van der Waals surface area contributed by atoms with E-state index in [1.54, 1.807) is 12.1 Å². The van der Waals surface area contributed by atoms with Crippen molar-refractivity contribution in [3.63, 3.8) is 0 Å². The molecule has 1 heterocycles. The molecule has 2 aromatic rings. The first-order chi connectivity index (χ1) is 10.6. The maximum Gasteiger partial charge on any atom is 0.325 e. The fourth-order valence-corrected chi connectivity index (χ4v) is 2.49. The number of hydrogen-bond acceptors (Lipinski definition) is 2. The molecular weight excluding hydrogens is 283 g/mol. The third kappa shape index (κ3) is 2.98. The summed E-state index contributed by atoms with van der Waals surface area (Å²) in [5, 5.41) is 2.70. The third-order valence-corrected chi connectivity index (χ3v) is 3.64. The lowest BCUT2D eigenvalue weighted by molar-refractivity contribution is -0.127. The maximum absolute atomic E-state index is 12.9. The van der Waals surface area contributed by atoms with E-state index in [0.717, 1.165) is 5.56 Å². The van der Waals surface area contributed by atoms with Gasteiger partial charge in [0, 0.05) is 6.42 Å². The third-order valence-electron chi connectivity index (χ3n) is 3.64. The number of halogens is 1. The van der Waals surface area contributed by atoms with E-state index in [4.69, 9.17) is 0 Å². The number of imide groups is 1. The molecule has 112 valence electrons. The lowest BCUT2D eigenvalue weighted by Gasteiger charge is -2.13. The first-order valence-electron chi connectivity index (χ1n) is 7.04. The Morgan fingerprint density at radius 2 is 1.64 bits per heavy atom. The Morgan fingerprint density at radius 1 is 0.955 bits per heavy atom. The number of nitrogens with one attached hydrogen (secondary N) is 1. The minimum Gasteiger partial charge on any atom is -0.325 e. The van der Waals surface area contributed by atoms with E-state index in [9.17, 15) is 14.0 Å². The molecule has 1 saturated heterocycles. The van der Waals surface area contributed by atoms with Crippen molar-refractivity contribution >= 4 is 11.9 Å².